The fraction of sp³-hybridized carbons (Fsp3) is 0.100. The van der Waals surface area contributed by atoms with Gasteiger partial charge in [0, 0.05) is 11.5 Å². The lowest BCUT2D eigenvalue weighted by molar-refractivity contribution is 0.387. The number of hydrogen-bond acceptors (Lipinski definition) is 2. The summed E-state index contributed by atoms with van der Waals surface area (Å²) in [4.78, 5) is 3.96. The summed E-state index contributed by atoms with van der Waals surface area (Å²) in [6, 6.07) is 4.24. The van der Waals surface area contributed by atoms with Gasteiger partial charge >= 0.3 is 0 Å². The quantitative estimate of drug-likeness (QED) is 0.716. The van der Waals surface area contributed by atoms with Gasteiger partial charge in [-0.15, -0.1) is 0 Å². The smallest absolute Gasteiger partial charge is 0.167 e. The molecule has 0 fully saturated rings. The highest BCUT2D eigenvalue weighted by atomic mass is 35.5. The van der Waals surface area contributed by atoms with Gasteiger partial charge in [0.25, 0.3) is 0 Å². The molecule has 0 aliphatic carbocycles. The molecule has 2 nitrogen and oxygen atoms in total. The van der Waals surface area contributed by atoms with Crippen LogP contribution >= 0.6 is 23.2 Å². The van der Waals surface area contributed by atoms with E-state index < -0.39 is 5.82 Å². The van der Waals surface area contributed by atoms with Crippen molar-refractivity contribution in [1.82, 2.24) is 4.98 Å². The molecule has 0 unspecified atom stereocenters. The zero-order chi connectivity index (χ0) is 11.0. The Hall–Kier alpha value is -1.06. The zero-order valence-corrected chi connectivity index (χ0v) is 9.23. The van der Waals surface area contributed by atoms with Crippen LogP contribution in [-0.2, 0) is 0 Å². The molecule has 15 heavy (non-hydrogen) atoms. The van der Waals surface area contributed by atoms with Gasteiger partial charge in [-0.2, -0.15) is 0 Å². The SMILES string of the molecule is COc1cc2c(Cl)cc(Cl)nc2cc1F. The first-order valence-electron chi connectivity index (χ1n) is 4.11. The third-order valence-corrected chi connectivity index (χ3v) is 2.51. The summed E-state index contributed by atoms with van der Waals surface area (Å²) in [5.74, 6) is -0.357. The number of pyridine rings is 1. The number of hydrogen-bond donors (Lipinski definition) is 0. The van der Waals surface area contributed by atoms with Crippen molar-refractivity contribution in [1.29, 1.82) is 0 Å². The molecule has 0 amide bonds. The summed E-state index contributed by atoms with van der Waals surface area (Å²) in [6.07, 6.45) is 0. The minimum Gasteiger partial charge on any atom is -0.494 e. The van der Waals surface area contributed by atoms with Gasteiger partial charge in [-0.05, 0) is 12.1 Å². The average molecular weight is 246 g/mol. The largest absolute Gasteiger partial charge is 0.494 e. The minimum absolute atomic E-state index is 0.133. The number of methoxy groups -OCH3 is 1. The summed E-state index contributed by atoms with van der Waals surface area (Å²) in [5, 5.41) is 1.26. The molecule has 1 heterocycles. The molecule has 0 atom stereocenters. The highest BCUT2D eigenvalue weighted by Crippen LogP contribution is 2.30. The predicted molar refractivity (Wildman–Crippen MR) is 58.3 cm³/mol. The maximum Gasteiger partial charge on any atom is 0.167 e. The maximum atomic E-state index is 13.3. The molecule has 2 rings (SSSR count). The standard InChI is InChI=1S/C10H6Cl2FNO/c1-15-9-2-5-6(11)3-10(12)14-8(5)4-7(9)13/h2-4H,1H3. The van der Waals surface area contributed by atoms with Gasteiger partial charge in [-0.3, -0.25) is 0 Å². The summed E-state index contributed by atoms with van der Waals surface area (Å²) in [6.45, 7) is 0. The molecule has 0 bridgehead atoms. The fourth-order valence-electron chi connectivity index (χ4n) is 1.31. The fourth-order valence-corrected chi connectivity index (χ4v) is 1.82. The third kappa shape index (κ3) is 1.85. The van der Waals surface area contributed by atoms with Crippen LogP contribution in [0.1, 0.15) is 0 Å². The van der Waals surface area contributed by atoms with E-state index in [9.17, 15) is 4.39 Å². The van der Waals surface area contributed by atoms with Gasteiger partial charge in [-0.1, -0.05) is 23.2 Å². The highest BCUT2D eigenvalue weighted by Gasteiger charge is 2.09. The summed E-state index contributed by atoms with van der Waals surface area (Å²) >= 11 is 11.6. The van der Waals surface area contributed by atoms with Crippen LogP contribution in [-0.4, -0.2) is 12.1 Å². The molecule has 2 aromatic rings. The Balaban J connectivity index is 2.81. The first kappa shape index (κ1) is 10.5. The van der Waals surface area contributed by atoms with Gasteiger partial charge in [0.1, 0.15) is 5.15 Å². The monoisotopic (exact) mass is 245 g/mol. The van der Waals surface area contributed by atoms with Crippen molar-refractivity contribution in [3.63, 3.8) is 0 Å². The molecule has 0 aliphatic rings. The summed E-state index contributed by atoms with van der Waals surface area (Å²) in [7, 11) is 1.39. The molecule has 0 spiro atoms. The van der Waals surface area contributed by atoms with Crippen molar-refractivity contribution in [2.45, 2.75) is 0 Å². The van der Waals surface area contributed by atoms with Crippen LogP contribution < -0.4 is 4.74 Å². The first-order valence-corrected chi connectivity index (χ1v) is 4.86. The van der Waals surface area contributed by atoms with Gasteiger partial charge in [-0.25, -0.2) is 9.37 Å². The topological polar surface area (TPSA) is 22.1 Å². The molecular formula is C10H6Cl2FNO. The molecule has 0 N–H and O–H groups in total. The Morgan fingerprint density at radius 3 is 2.67 bits per heavy atom. The van der Waals surface area contributed by atoms with Crippen molar-refractivity contribution in [3.05, 3.63) is 34.2 Å². The third-order valence-electron chi connectivity index (χ3n) is 2.00. The van der Waals surface area contributed by atoms with Crippen molar-refractivity contribution < 1.29 is 9.13 Å². The van der Waals surface area contributed by atoms with E-state index in [4.69, 9.17) is 27.9 Å². The number of nitrogens with zero attached hydrogens (tertiary/aromatic N) is 1. The molecule has 0 saturated heterocycles. The lowest BCUT2D eigenvalue weighted by atomic mass is 10.2. The van der Waals surface area contributed by atoms with E-state index in [0.29, 0.717) is 15.9 Å². The number of fused-ring (bicyclic) bond motifs is 1. The Bertz CT molecular complexity index is 530. The van der Waals surface area contributed by atoms with Gasteiger partial charge in [0.15, 0.2) is 11.6 Å². The summed E-state index contributed by atoms with van der Waals surface area (Å²) < 4.78 is 18.2. The minimum atomic E-state index is -0.490. The maximum absolute atomic E-state index is 13.3. The molecule has 1 aromatic heterocycles. The Morgan fingerprint density at radius 2 is 2.00 bits per heavy atom. The predicted octanol–water partition coefficient (Wildman–Crippen LogP) is 3.69. The van der Waals surface area contributed by atoms with Crippen LogP contribution in [0.3, 0.4) is 0 Å². The van der Waals surface area contributed by atoms with Crippen LogP contribution in [0.5, 0.6) is 5.75 Å². The van der Waals surface area contributed by atoms with Crippen molar-refractivity contribution >= 4 is 34.1 Å². The van der Waals surface area contributed by atoms with Gasteiger partial charge in [0.2, 0.25) is 0 Å². The van der Waals surface area contributed by atoms with E-state index in [1.54, 1.807) is 0 Å². The first-order chi connectivity index (χ1) is 7.11. The number of benzene rings is 1. The van der Waals surface area contributed by atoms with Crippen molar-refractivity contribution in [3.8, 4) is 5.75 Å². The average Bonchev–Trinajstić information content (AvgIpc) is 2.16. The van der Waals surface area contributed by atoms with Crippen molar-refractivity contribution in [2.75, 3.05) is 7.11 Å². The van der Waals surface area contributed by atoms with E-state index in [-0.39, 0.29) is 10.9 Å². The van der Waals surface area contributed by atoms with Crippen LogP contribution in [0.15, 0.2) is 18.2 Å². The number of halogens is 3. The van der Waals surface area contributed by atoms with Gasteiger partial charge < -0.3 is 4.74 Å². The zero-order valence-electron chi connectivity index (χ0n) is 7.72. The lowest BCUT2D eigenvalue weighted by Crippen LogP contribution is -1.90. The molecule has 0 aliphatic heterocycles. The van der Waals surface area contributed by atoms with Crippen molar-refractivity contribution in [2.24, 2.45) is 0 Å². The highest BCUT2D eigenvalue weighted by molar-refractivity contribution is 6.37. The van der Waals surface area contributed by atoms with E-state index in [1.807, 2.05) is 0 Å². The van der Waals surface area contributed by atoms with Crippen LogP contribution in [0.2, 0.25) is 10.2 Å². The Morgan fingerprint density at radius 1 is 1.27 bits per heavy atom. The number of aromatic nitrogens is 1. The van der Waals surface area contributed by atoms with E-state index in [0.717, 1.165) is 0 Å². The second kappa shape index (κ2) is 3.83. The molecule has 0 radical (unpaired) electrons. The normalized spacial score (nSPS) is 10.7. The molecular weight excluding hydrogens is 240 g/mol. The Kier molecular flexibility index (Phi) is 2.67. The van der Waals surface area contributed by atoms with Crippen LogP contribution in [0.4, 0.5) is 4.39 Å². The molecule has 78 valence electrons. The van der Waals surface area contributed by atoms with E-state index in [1.165, 1.54) is 25.3 Å². The molecule has 5 heteroatoms. The second-order valence-corrected chi connectivity index (χ2v) is 3.73. The molecule has 1 aromatic carbocycles. The lowest BCUT2D eigenvalue weighted by Gasteiger charge is -2.05. The second-order valence-electron chi connectivity index (χ2n) is 2.93. The van der Waals surface area contributed by atoms with E-state index in [2.05, 4.69) is 4.98 Å². The number of ether oxygens (including phenoxy) is 1. The van der Waals surface area contributed by atoms with Gasteiger partial charge in [0.05, 0.1) is 17.6 Å². The Labute approximate surface area is 95.6 Å². The van der Waals surface area contributed by atoms with Crippen LogP contribution in [0, 0.1) is 5.82 Å². The number of rotatable bonds is 1. The summed E-state index contributed by atoms with van der Waals surface area (Å²) in [5.41, 5.74) is 0.408. The molecule has 0 saturated carbocycles. The van der Waals surface area contributed by atoms with Crippen LogP contribution in [0.25, 0.3) is 10.9 Å². The van der Waals surface area contributed by atoms with E-state index >= 15 is 0 Å².